The molecule has 1 aliphatic rings. The van der Waals surface area contributed by atoms with Crippen LogP contribution in [-0.4, -0.2) is 10.1 Å². The summed E-state index contributed by atoms with van der Waals surface area (Å²) in [6, 6.07) is 8.41. The normalized spacial score (nSPS) is 19.4. The van der Waals surface area contributed by atoms with Gasteiger partial charge in [-0.05, 0) is 22.7 Å². The van der Waals surface area contributed by atoms with Crippen LogP contribution in [0.1, 0.15) is 23.1 Å². The molecule has 2 heterocycles. The first-order chi connectivity index (χ1) is 7.83. The molecular formula is C11H12N4O. The second-order valence-electron chi connectivity index (χ2n) is 3.90. The van der Waals surface area contributed by atoms with Gasteiger partial charge in [0.1, 0.15) is 0 Å². The molecule has 5 heteroatoms. The highest BCUT2D eigenvalue weighted by Gasteiger charge is 2.23. The molecule has 0 unspecified atom stereocenters. The van der Waals surface area contributed by atoms with Crippen molar-refractivity contribution >= 4 is 5.95 Å². The molecule has 3 N–H and O–H groups in total. The van der Waals surface area contributed by atoms with Gasteiger partial charge in [-0.1, -0.05) is 24.3 Å². The molecule has 1 aromatic heterocycles. The molecule has 1 aliphatic heterocycles. The van der Waals surface area contributed by atoms with Gasteiger partial charge in [0.25, 0.3) is 5.95 Å². The SMILES string of the molecule is Nc1noc([C@H]2Cc3ccccc3CN2)n1. The van der Waals surface area contributed by atoms with E-state index in [-0.39, 0.29) is 12.0 Å². The van der Waals surface area contributed by atoms with Crippen LogP contribution in [0.5, 0.6) is 0 Å². The van der Waals surface area contributed by atoms with Crippen molar-refractivity contribution in [3.05, 3.63) is 41.3 Å². The number of hydrogen-bond donors (Lipinski definition) is 2. The molecular weight excluding hydrogens is 204 g/mol. The largest absolute Gasteiger partial charge is 0.365 e. The van der Waals surface area contributed by atoms with E-state index in [2.05, 4.69) is 27.6 Å². The molecule has 82 valence electrons. The molecule has 3 rings (SSSR count). The molecule has 2 aromatic rings. The van der Waals surface area contributed by atoms with Crippen LogP contribution in [-0.2, 0) is 13.0 Å². The summed E-state index contributed by atoms with van der Waals surface area (Å²) in [4.78, 5) is 4.04. The Labute approximate surface area is 92.7 Å². The number of nitrogens with one attached hydrogen (secondary N) is 1. The number of benzene rings is 1. The number of rotatable bonds is 1. The highest BCUT2D eigenvalue weighted by molar-refractivity contribution is 5.30. The molecule has 1 aromatic carbocycles. The van der Waals surface area contributed by atoms with Gasteiger partial charge in [-0.2, -0.15) is 4.98 Å². The fourth-order valence-corrected chi connectivity index (χ4v) is 2.02. The quantitative estimate of drug-likeness (QED) is 0.744. The van der Waals surface area contributed by atoms with Gasteiger partial charge in [0, 0.05) is 6.54 Å². The number of nitrogens with two attached hydrogens (primary N) is 1. The van der Waals surface area contributed by atoms with Crippen LogP contribution in [0.25, 0.3) is 0 Å². The third-order valence-corrected chi connectivity index (χ3v) is 2.84. The van der Waals surface area contributed by atoms with Crippen LogP contribution in [0, 0.1) is 0 Å². The average molecular weight is 216 g/mol. The zero-order valence-electron chi connectivity index (χ0n) is 8.68. The minimum Gasteiger partial charge on any atom is -0.365 e. The third-order valence-electron chi connectivity index (χ3n) is 2.84. The van der Waals surface area contributed by atoms with Gasteiger partial charge >= 0.3 is 0 Å². The molecule has 0 aliphatic carbocycles. The topological polar surface area (TPSA) is 77.0 Å². The highest BCUT2D eigenvalue weighted by Crippen LogP contribution is 2.24. The minimum absolute atomic E-state index is 0.0692. The number of aromatic nitrogens is 2. The van der Waals surface area contributed by atoms with Crippen LogP contribution in [0.3, 0.4) is 0 Å². The van der Waals surface area contributed by atoms with Crippen LogP contribution in [0.15, 0.2) is 28.8 Å². The average Bonchev–Trinajstić information content (AvgIpc) is 2.75. The van der Waals surface area contributed by atoms with E-state index in [1.54, 1.807) is 0 Å². The van der Waals surface area contributed by atoms with E-state index in [0.29, 0.717) is 5.89 Å². The number of fused-ring (bicyclic) bond motifs is 1. The van der Waals surface area contributed by atoms with Gasteiger partial charge in [0.15, 0.2) is 0 Å². The molecule has 16 heavy (non-hydrogen) atoms. The van der Waals surface area contributed by atoms with Gasteiger partial charge in [-0.15, -0.1) is 0 Å². The van der Waals surface area contributed by atoms with Crippen molar-refractivity contribution in [2.24, 2.45) is 0 Å². The lowest BCUT2D eigenvalue weighted by Crippen LogP contribution is -2.28. The molecule has 0 bridgehead atoms. The van der Waals surface area contributed by atoms with Gasteiger partial charge in [-0.3, -0.25) is 0 Å². The smallest absolute Gasteiger partial charge is 0.260 e. The van der Waals surface area contributed by atoms with E-state index in [0.717, 1.165) is 13.0 Å². The predicted octanol–water partition coefficient (Wildman–Crippen LogP) is 1.04. The number of hydrogen-bond acceptors (Lipinski definition) is 5. The Bertz CT molecular complexity index is 508. The second kappa shape index (κ2) is 3.61. The molecule has 0 fully saturated rings. The minimum atomic E-state index is 0.0692. The van der Waals surface area contributed by atoms with E-state index in [4.69, 9.17) is 10.3 Å². The Morgan fingerprint density at radius 1 is 1.31 bits per heavy atom. The molecule has 0 saturated heterocycles. The van der Waals surface area contributed by atoms with Gasteiger partial charge in [-0.25, -0.2) is 0 Å². The van der Waals surface area contributed by atoms with Crippen molar-refractivity contribution in [2.75, 3.05) is 5.73 Å². The first-order valence-electron chi connectivity index (χ1n) is 5.22. The van der Waals surface area contributed by atoms with Crippen LogP contribution in [0.2, 0.25) is 0 Å². The van der Waals surface area contributed by atoms with Crippen molar-refractivity contribution in [3.8, 4) is 0 Å². The van der Waals surface area contributed by atoms with Crippen LogP contribution < -0.4 is 11.1 Å². The molecule has 0 amide bonds. The monoisotopic (exact) mass is 216 g/mol. The summed E-state index contributed by atoms with van der Waals surface area (Å²) in [7, 11) is 0. The standard InChI is InChI=1S/C11H12N4O/c12-11-14-10(16-15-11)9-5-7-3-1-2-4-8(7)6-13-9/h1-4,9,13H,5-6H2,(H2,12,15)/t9-/m1/s1. The lowest BCUT2D eigenvalue weighted by molar-refractivity contribution is 0.321. The number of nitrogens with zero attached hydrogens (tertiary/aromatic N) is 2. The molecule has 1 atom stereocenters. The fourth-order valence-electron chi connectivity index (χ4n) is 2.02. The summed E-state index contributed by atoms with van der Waals surface area (Å²) in [5.74, 6) is 0.752. The Morgan fingerprint density at radius 2 is 2.12 bits per heavy atom. The van der Waals surface area contributed by atoms with Crippen molar-refractivity contribution < 1.29 is 4.52 Å². The highest BCUT2D eigenvalue weighted by atomic mass is 16.5. The van der Waals surface area contributed by atoms with Crippen LogP contribution in [0.4, 0.5) is 5.95 Å². The van der Waals surface area contributed by atoms with Crippen molar-refractivity contribution in [2.45, 2.75) is 19.0 Å². The Balaban J connectivity index is 1.88. The Morgan fingerprint density at radius 3 is 2.88 bits per heavy atom. The zero-order chi connectivity index (χ0) is 11.0. The summed E-state index contributed by atoms with van der Waals surface area (Å²) < 4.78 is 5.07. The van der Waals surface area contributed by atoms with Gasteiger partial charge < -0.3 is 15.6 Å². The number of nitrogen functional groups attached to an aromatic ring is 1. The molecule has 0 radical (unpaired) electrons. The van der Waals surface area contributed by atoms with E-state index < -0.39 is 0 Å². The van der Waals surface area contributed by atoms with Crippen molar-refractivity contribution in [1.29, 1.82) is 0 Å². The van der Waals surface area contributed by atoms with Crippen molar-refractivity contribution in [3.63, 3.8) is 0 Å². The maximum absolute atomic E-state index is 5.44. The van der Waals surface area contributed by atoms with Crippen LogP contribution >= 0.6 is 0 Å². The van der Waals surface area contributed by atoms with Gasteiger partial charge in [0.2, 0.25) is 5.89 Å². The fraction of sp³-hybridized carbons (Fsp3) is 0.273. The van der Waals surface area contributed by atoms with E-state index in [9.17, 15) is 0 Å². The Kier molecular flexibility index (Phi) is 2.11. The molecule has 5 nitrogen and oxygen atoms in total. The second-order valence-corrected chi connectivity index (χ2v) is 3.90. The zero-order valence-corrected chi connectivity index (χ0v) is 8.68. The lowest BCUT2D eigenvalue weighted by atomic mass is 9.96. The van der Waals surface area contributed by atoms with Crippen molar-refractivity contribution in [1.82, 2.24) is 15.5 Å². The first kappa shape index (κ1) is 9.35. The van der Waals surface area contributed by atoms with E-state index >= 15 is 0 Å². The van der Waals surface area contributed by atoms with E-state index in [1.165, 1.54) is 11.1 Å². The summed E-state index contributed by atoms with van der Waals surface area (Å²) in [6.45, 7) is 0.823. The summed E-state index contributed by atoms with van der Waals surface area (Å²) >= 11 is 0. The van der Waals surface area contributed by atoms with Gasteiger partial charge in [0.05, 0.1) is 6.04 Å². The van der Waals surface area contributed by atoms with E-state index in [1.807, 2.05) is 12.1 Å². The molecule has 0 spiro atoms. The summed E-state index contributed by atoms with van der Waals surface area (Å²) in [5.41, 5.74) is 8.08. The first-order valence-corrected chi connectivity index (χ1v) is 5.22. The summed E-state index contributed by atoms with van der Waals surface area (Å²) in [5, 5.41) is 6.95. The Hall–Kier alpha value is -1.88. The predicted molar refractivity (Wildman–Crippen MR) is 58.4 cm³/mol. The maximum Gasteiger partial charge on any atom is 0.260 e. The third kappa shape index (κ3) is 1.55. The number of anilines is 1. The maximum atomic E-state index is 5.44. The lowest BCUT2D eigenvalue weighted by Gasteiger charge is -2.23. The molecule has 0 saturated carbocycles. The summed E-state index contributed by atoms with van der Waals surface area (Å²) in [6.07, 6.45) is 0.859.